The number of esters is 3. The lowest BCUT2D eigenvalue weighted by Crippen LogP contribution is -2.54. The lowest BCUT2D eigenvalue weighted by molar-refractivity contribution is -0.155. The minimum atomic E-state index is -1.14. The van der Waals surface area contributed by atoms with Crippen molar-refractivity contribution in [2.24, 2.45) is 92.7 Å². The molecule has 7 rings (SSSR count). The summed E-state index contributed by atoms with van der Waals surface area (Å²) >= 11 is 0. The second-order valence-electron chi connectivity index (χ2n) is 39.0. The second-order valence-corrected chi connectivity index (χ2v) is 39.0. The van der Waals surface area contributed by atoms with Gasteiger partial charge in [0, 0.05) is 76.8 Å². The van der Waals surface area contributed by atoms with Crippen LogP contribution in [0.5, 0.6) is 0 Å². The van der Waals surface area contributed by atoms with Crippen LogP contribution in [0.1, 0.15) is 255 Å². The van der Waals surface area contributed by atoms with Gasteiger partial charge in [-0.15, -0.1) is 26.3 Å². The summed E-state index contributed by atoms with van der Waals surface area (Å²) in [6.45, 7) is 57.3. The van der Waals surface area contributed by atoms with Crippen molar-refractivity contribution in [3.05, 3.63) is 62.8 Å². The van der Waals surface area contributed by atoms with Gasteiger partial charge in [0.2, 0.25) is 23.6 Å². The van der Waals surface area contributed by atoms with Crippen molar-refractivity contribution in [1.29, 1.82) is 0 Å². The van der Waals surface area contributed by atoms with Gasteiger partial charge < -0.3 is 49.1 Å². The summed E-state index contributed by atoms with van der Waals surface area (Å²) in [5.41, 5.74) is -5.17. The van der Waals surface area contributed by atoms with E-state index in [0.29, 0.717) is 90.0 Å². The average Bonchev–Trinajstić information content (AvgIpc) is 1.59. The number of fused-ring (bicyclic) bond motifs is 2. The van der Waals surface area contributed by atoms with E-state index < -0.39 is 98.9 Å². The number of aliphatic carboxylic acids is 1. The third-order valence-corrected chi connectivity index (χ3v) is 23.6. The van der Waals surface area contributed by atoms with Crippen molar-refractivity contribution in [2.75, 3.05) is 60.6 Å². The van der Waals surface area contributed by atoms with Crippen molar-refractivity contribution in [3.8, 4) is 0 Å². The maximum Gasteiger partial charge on any atom is 0.429 e. The molecule has 7 aliphatic rings. The number of Topliss-reactive ketones (excluding diaryl/α,β-unsaturated/α-hetero) is 1. The highest BCUT2D eigenvalue weighted by Crippen LogP contribution is 2.59. The molecule has 26 heteroatoms. The molecule has 656 valence electrons. The van der Waals surface area contributed by atoms with Crippen molar-refractivity contribution in [3.63, 3.8) is 0 Å². The summed E-state index contributed by atoms with van der Waals surface area (Å²) in [7, 11) is 4.82. The molecular formula is C90H147N7O19. The number of ketones is 1. The fourth-order valence-electron chi connectivity index (χ4n) is 16.1. The van der Waals surface area contributed by atoms with Gasteiger partial charge in [0.1, 0.15) is 33.7 Å². The van der Waals surface area contributed by atoms with Crippen LogP contribution in [-0.4, -0.2) is 190 Å². The summed E-state index contributed by atoms with van der Waals surface area (Å²) in [4.78, 5) is 157. The molecule has 0 aromatic rings. The molecule has 0 spiro atoms. The van der Waals surface area contributed by atoms with Crippen molar-refractivity contribution < 1.29 is 91.1 Å². The van der Waals surface area contributed by atoms with E-state index in [-0.39, 0.29) is 126 Å². The number of ether oxygens (including phenoxy) is 6. The number of carbonyl (C=O) groups is 12. The molecule has 1 aliphatic heterocycles. The summed E-state index contributed by atoms with van der Waals surface area (Å²) in [6, 6.07) is 0. The third-order valence-electron chi connectivity index (χ3n) is 23.6. The minimum absolute atomic E-state index is 0.0369. The maximum absolute atomic E-state index is 14.1. The van der Waals surface area contributed by atoms with Crippen LogP contribution < -0.4 is 10.6 Å². The summed E-state index contributed by atoms with van der Waals surface area (Å²) in [5.74, 6) is -7.20. The molecule has 26 nitrogen and oxygen atoms in total. The van der Waals surface area contributed by atoms with Crippen molar-refractivity contribution >= 4 is 71.6 Å². The Morgan fingerprint density at radius 2 is 1.05 bits per heavy atom. The average molecular weight is 1630 g/mol. The molecule has 0 radical (unpaired) electrons. The Kier molecular flexibility index (Phi) is 35.9. The molecule has 0 aromatic carbocycles. The topological polar surface area (TPSA) is 321 Å². The number of allylic oxidation sites excluding steroid dienone is 4. The van der Waals surface area contributed by atoms with Gasteiger partial charge in [-0.2, -0.15) is 0 Å². The Hall–Kier alpha value is -8.06. The fraction of sp³-hybridized carbons (Fsp3) is 0.756. The van der Waals surface area contributed by atoms with Crippen LogP contribution in [0.2, 0.25) is 0 Å². The van der Waals surface area contributed by atoms with Gasteiger partial charge >= 0.3 is 42.2 Å². The smallest absolute Gasteiger partial charge is 0.429 e. The Bertz CT molecular complexity index is 3510. The molecule has 116 heavy (non-hydrogen) atoms. The Morgan fingerprint density at radius 1 is 0.569 bits per heavy atom. The van der Waals surface area contributed by atoms with Crippen LogP contribution in [-0.2, 0) is 71.6 Å². The van der Waals surface area contributed by atoms with E-state index >= 15 is 0 Å². The predicted octanol–water partition coefficient (Wildman–Crippen LogP) is 15.6. The van der Waals surface area contributed by atoms with E-state index in [1.807, 2.05) is 39.0 Å². The van der Waals surface area contributed by atoms with Crippen molar-refractivity contribution in [2.45, 2.75) is 282 Å². The molecule has 6 aliphatic carbocycles. The number of carboxylic acid groups (broad SMARTS) is 1. The highest BCUT2D eigenvalue weighted by atomic mass is 16.6. The van der Waals surface area contributed by atoms with Crippen LogP contribution in [0.15, 0.2) is 62.8 Å². The third kappa shape index (κ3) is 27.8. The van der Waals surface area contributed by atoms with E-state index in [2.05, 4.69) is 99.3 Å². The Morgan fingerprint density at radius 3 is 1.55 bits per heavy atom. The van der Waals surface area contributed by atoms with Gasteiger partial charge in [-0.1, -0.05) is 98.8 Å². The SMILES string of the molecule is C=CC1CC1(CC(=O)C1CC(C(C)(C)C)CC1C(=O)O)C(=O)OCC.C=CCCCCN(C)C(=O)OC(C)(C)C.C=CCCCN(C(=O)C1CC(C(C)(C)C)CC1C(=O)NC1(C(=O)OCC)CC1C=C)N(C)C(=O)OC(C)(C)C.CCOC(=O)C12CC1/C=C\CCCN(N(C)C(=O)OC(C)(C)C)C(=O)C1CC(C(C)(C)C)CC1C(=O)N2. The first-order valence-corrected chi connectivity index (χ1v) is 42.1. The fourth-order valence-corrected chi connectivity index (χ4v) is 16.1. The van der Waals surface area contributed by atoms with Gasteiger partial charge in [-0.3, -0.25) is 33.6 Å². The van der Waals surface area contributed by atoms with Gasteiger partial charge in [0.05, 0.1) is 43.0 Å². The molecule has 0 aromatic heterocycles. The van der Waals surface area contributed by atoms with Gasteiger partial charge in [0.15, 0.2) is 0 Å². The Balaban J connectivity index is 0.000000342. The Labute approximate surface area is 693 Å². The molecule has 3 N–H and O–H groups in total. The number of hydrogen-bond acceptors (Lipinski definition) is 18. The molecule has 15 unspecified atom stereocenters. The number of nitrogens with zero attached hydrogens (tertiary/aromatic N) is 5. The van der Waals surface area contributed by atoms with E-state index in [0.717, 1.165) is 25.8 Å². The maximum atomic E-state index is 14.1. The normalized spacial score (nSPS) is 27.7. The van der Waals surface area contributed by atoms with Crippen LogP contribution in [0.4, 0.5) is 14.4 Å². The standard InChI is InChI=1S/C30H49N3O6.C28H45N3O6.C20H30O5.C12H23NO2/c1-11-14-15-16-33(32(10)27(37)39-29(7,8)9)25(35)23-18-21(28(4,5)6)17-22(23)24(34)31-30(19-20(30)12-2)26(36)38-13-3;1-9-36-24(34)28-17-18(28)13-11-10-12-14-31(30(8)25(35)37-27(5,6)7)23(33)21-16-19(26(2,3)4)15-20(21)22(32)29-28;1-6-12-10-20(12,18(24)25-7-2)11-16(21)14-8-13(19(3,4)5)9-15(14)17(22)23;1-6-7-8-9-10-13(5)11(14)15-12(2,3)4/h11-12,20-23H,1-2,13-19H2,3-10H3,(H,31,34);11,13,18-21H,9-10,12,14-17H2,1-8H3,(H,29,32);6,12-15H,1,7-11H2,2-5H3,(H,22,23);6H,1,7-10H2,2-5H3/b;13-11-;;. The predicted molar refractivity (Wildman–Crippen MR) is 446 cm³/mol. The first kappa shape index (κ1) is 100. The molecule has 0 bridgehead atoms. The number of amides is 7. The van der Waals surface area contributed by atoms with Gasteiger partial charge in [0.25, 0.3) is 0 Å². The number of carboxylic acids is 1. The zero-order chi connectivity index (χ0) is 88.4. The first-order valence-electron chi connectivity index (χ1n) is 42.1. The molecular weight excluding hydrogens is 1480 g/mol. The summed E-state index contributed by atoms with van der Waals surface area (Å²) in [6.07, 6.45) is 19.8. The number of unbranched alkanes of at least 4 members (excludes halogenated alkanes) is 3. The molecule has 1 heterocycles. The van der Waals surface area contributed by atoms with Gasteiger partial charge in [-0.05, 0) is 226 Å². The number of nitrogens with one attached hydrogen (secondary N) is 2. The van der Waals surface area contributed by atoms with E-state index in [1.165, 1.54) is 34.1 Å². The second kappa shape index (κ2) is 41.6. The number of hydrogen-bond donors (Lipinski definition) is 3. The highest BCUT2D eigenvalue weighted by Gasteiger charge is 2.65. The molecule has 0 saturated heterocycles. The number of carbonyl (C=O) groups excluding carboxylic acids is 11. The summed E-state index contributed by atoms with van der Waals surface area (Å²) < 4.78 is 32.0. The molecule has 6 fully saturated rings. The van der Waals surface area contributed by atoms with E-state index in [9.17, 15) is 62.6 Å². The van der Waals surface area contributed by atoms with Crippen LogP contribution in [0.3, 0.4) is 0 Å². The van der Waals surface area contributed by atoms with Crippen LogP contribution in [0, 0.1) is 92.7 Å². The summed E-state index contributed by atoms with van der Waals surface area (Å²) in [5, 5.41) is 20.8. The molecule has 6 saturated carbocycles. The number of rotatable bonds is 25. The molecule has 15 atom stereocenters. The monoisotopic (exact) mass is 1630 g/mol. The number of hydrazine groups is 2. The highest BCUT2D eigenvalue weighted by molar-refractivity contribution is 5.97. The molecule has 7 amide bonds. The van der Waals surface area contributed by atoms with Crippen molar-refractivity contribution in [1.82, 2.24) is 35.6 Å². The largest absolute Gasteiger partial charge is 0.481 e. The quantitative estimate of drug-likeness (QED) is 0.0251. The van der Waals surface area contributed by atoms with Gasteiger partial charge in [-0.25, -0.2) is 44.0 Å². The lowest BCUT2D eigenvalue weighted by Gasteiger charge is -2.36. The zero-order valence-electron chi connectivity index (χ0n) is 75.0. The minimum Gasteiger partial charge on any atom is -0.481 e. The zero-order valence-corrected chi connectivity index (χ0v) is 75.0. The van der Waals surface area contributed by atoms with Crippen LogP contribution in [0.25, 0.3) is 0 Å². The van der Waals surface area contributed by atoms with E-state index in [4.69, 9.17) is 28.4 Å². The first-order chi connectivity index (χ1) is 53.5. The lowest BCUT2D eigenvalue weighted by atomic mass is 9.78. The van der Waals surface area contributed by atoms with E-state index in [1.54, 1.807) is 92.5 Å². The van der Waals surface area contributed by atoms with Crippen LogP contribution >= 0.6 is 0 Å².